The number of hydrogen-bond acceptors (Lipinski definition) is 5. The first kappa shape index (κ1) is 15.9. The van der Waals surface area contributed by atoms with Gasteiger partial charge in [0.15, 0.2) is 0 Å². The molecule has 7 heteroatoms. The van der Waals surface area contributed by atoms with Crippen molar-refractivity contribution in [2.45, 2.75) is 23.6 Å². The highest BCUT2D eigenvalue weighted by Crippen LogP contribution is 2.39. The van der Waals surface area contributed by atoms with E-state index in [0.717, 1.165) is 16.6 Å². The molecule has 0 aliphatic heterocycles. The van der Waals surface area contributed by atoms with Gasteiger partial charge in [-0.05, 0) is 30.2 Å². The van der Waals surface area contributed by atoms with Crippen LogP contribution >= 0.6 is 23.1 Å². The van der Waals surface area contributed by atoms with Crippen LogP contribution in [-0.2, 0) is 11.2 Å². The van der Waals surface area contributed by atoms with E-state index in [2.05, 4.69) is 16.9 Å². The molecule has 1 amide bonds. The second-order valence-electron chi connectivity index (χ2n) is 4.92. The number of carbonyl (C=O) groups is 1. The second kappa shape index (κ2) is 6.64. The smallest absolute Gasteiger partial charge is 0.235 e. The van der Waals surface area contributed by atoms with Crippen LogP contribution in [0.15, 0.2) is 41.7 Å². The van der Waals surface area contributed by atoms with Gasteiger partial charge in [-0.2, -0.15) is 0 Å². The van der Waals surface area contributed by atoms with Gasteiger partial charge in [0.25, 0.3) is 0 Å². The molecule has 4 nitrogen and oxygen atoms in total. The molecule has 2 heterocycles. The Morgan fingerprint density at radius 3 is 2.74 bits per heavy atom. The third kappa shape index (κ3) is 3.35. The highest BCUT2D eigenvalue weighted by molar-refractivity contribution is 8.00. The number of aromatic nitrogens is 2. The van der Waals surface area contributed by atoms with Crippen LogP contribution in [0.25, 0.3) is 10.2 Å². The number of halogens is 1. The maximum Gasteiger partial charge on any atom is 0.235 e. The third-order valence-electron chi connectivity index (χ3n) is 3.35. The number of amides is 1. The average Bonchev–Trinajstić information content (AvgIpc) is 2.97. The molecule has 0 aliphatic carbocycles. The van der Waals surface area contributed by atoms with Crippen molar-refractivity contribution in [3.63, 3.8) is 0 Å². The fourth-order valence-electron chi connectivity index (χ4n) is 2.19. The molecule has 0 saturated heterocycles. The number of hydrogen-bond donors (Lipinski definition) is 1. The summed E-state index contributed by atoms with van der Waals surface area (Å²) in [5.41, 5.74) is 6.19. The molecule has 118 valence electrons. The number of nitrogens with zero attached hydrogens (tertiary/aromatic N) is 2. The summed E-state index contributed by atoms with van der Waals surface area (Å²) in [4.78, 5) is 22.5. The molecule has 2 N–H and O–H groups in total. The minimum atomic E-state index is -0.626. The number of thioether (sulfide) groups is 1. The van der Waals surface area contributed by atoms with E-state index in [1.165, 1.54) is 35.1 Å². The first-order valence-corrected chi connectivity index (χ1v) is 8.73. The monoisotopic (exact) mass is 347 g/mol. The Labute approximate surface area is 140 Å². The van der Waals surface area contributed by atoms with Crippen LogP contribution in [0.3, 0.4) is 0 Å². The van der Waals surface area contributed by atoms with Crippen LogP contribution < -0.4 is 5.73 Å². The molecule has 0 bridgehead atoms. The molecular weight excluding hydrogens is 333 g/mol. The van der Waals surface area contributed by atoms with Crippen molar-refractivity contribution in [1.29, 1.82) is 0 Å². The Morgan fingerprint density at radius 1 is 1.35 bits per heavy atom. The normalized spacial score (nSPS) is 12.4. The lowest BCUT2D eigenvalue weighted by Crippen LogP contribution is -2.19. The molecule has 1 aromatic carbocycles. The largest absolute Gasteiger partial charge is 0.368 e. The van der Waals surface area contributed by atoms with Crippen molar-refractivity contribution in [1.82, 2.24) is 9.97 Å². The fourth-order valence-corrected chi connectivity index (χ4v) is 4.21. The van der Waals surface area contributed by atoms with E-state index < -0.39 is 11.2 Å². The molecule has 3 rings (SSSR count). The average molecular weight is 347 g/mol. The number of thiophene rings is 1. The van der Waals surface area contributed by atoms with Gasteiger partial charge in [-0.1, -0.05) is 30.8 Å². The Kier molecular flexibility index (Phi) is 4.58. The summed E-state index contributed by atoms with van der Waals surface area (Å²) >= 11 is 2.88. The van der Waals surface area contributed by atoms with Crippen LogP contribution in [0.4, 0.5) is 4.39 Å². The summed E-state index contributed by atoms with van der Waals surface area (Å²) in [6.07, 6.45) is 2.41. The van der Waals surface area contributed by atoms with Gasteiger partial charge >= 0.3 is 0 Å². The molecule has 23 heavy (non-hydrogen) atoms. The maximum absolute atomic E-state index is 13.1. The number of fused-ring (bicyclic) bond motifs is 1. The SMILES string of the molecule is CCc1cc2c(S[C@@H](C(N)=O)c3ccc(F)cc3)ncnc2s1. The summed E-state index contributed by atoms with van der Waals surface area (Å²) < 4.78 is 13.1. The lowest BCUT2D eigenvalue weighted by atomic mass is 10.1. The van der Waals surface area contributed by atoms with E-state index in [0.29, 0.717) is 10.6 Å². The zero-order valence-electron chi connectivity index (χ0n) is 12.3. The van der Waals surface area contributed by atoms with Crippen LogP contribution in [0.2, 0.25) is 0 Å². The van der Waals surface area contributed by atoms with Gasteiger partial charge in [0.1, 0.15) is 27.3 Å². The minimum Gasteiger partial charge on any atom is -0.368 e. The first-order valence-electron chi connectivity index (χ1n) is 7.03. The Morgan fingerprint density at radius 2 is 2.09 bits per heavy atom. The number of primary amides is 1. The van der Waals surface area contributed by atoms with Crippen molar-refractivity contribution >= 4 is 39.2 Å². The number of rotatable bonds is 5. The highest BCUT2D eigenvalue weighted by atomic mass is 32.2. The van der Waals surface area contributed by atoms with E-state index in [4.69, 9.17) is 5.73 Å². The zero-order chi connectivity index (χ0) is 16.4. The summed E-state index contributed by atoms with van der Waals surface area (Å²) in [5, 5.41) is 1.01. The molecule has 0 saturated carbocycles. The van der Waals surface area contributed by atoms with E-state index >= 15 is 0 Å². The summed E-state index contributed by atoms with van der Waals surface area (Å²) in [7, 11) is 0. The summed E-state index contributed by atoms with van der Waals surface area (Å²) in [6.45, 7) is 2.08. The van der Waals surface area contributed by atoms with E-state index in [1.807, 2.05) is 6.07 Å². The van der Waals surface area contributed by atoms with Crippen molar-refractivity contribution in [3.05, 3.63) is 52.9 Å². The maximum atomic E-state index is 13.1. The van der Waals surface area contributed by atoms with Crippen molar-refractivity contribution in [3.8, 4) is 0 Å². The van der Waals surface area contributed by atoms with Gasteiger partial charge in [-0.15, -0.1) is 11.3 Å². The molecule has 0 radical (unpaired) electrons. The number of nitrogens with two attached hydrogens (primary N) is 1. The Bertz CT molecular complexity index is 848. The molecular formula is C16H14FN3OS2. The summed E-state index contributed by atoms with van der Waals surface area (Å²) in [6, 6.07) is 7.83. The minimum absolute atomic E-state index is 0.350. The van der Waals surface area contributed by atoms with Gasteiger partial charge < -0.3 is 5.73 Å². The van der Waals surface area contributed by atoms with Crippen LogP contribution in [0.1, 0.15) is 22.6 Å². The highest BCUT2D eigenvalue weighted by Gasteiger charge is 2.22. The van der Waals surface area contributed by atoms with E-state index in [9.17, 15) is 9.18 Å². The molecule has 2 aromatic heterocycles. The number of benzene rings is 1. The zero-order valence-corrected chi connectivity index (χ0v) is 14.0. The molecule has 0 fully saturated rings. The lowest BCUT2D eigenvalue weighted by Gasteiger charge is -2.13. The predicted molar refractivity (Wildman–Crippen MR) is 91.0 cm³/mol. The van der Waals surface area contributed by atoms with Crippen molar-refractivity contribution in [2.24, 2.45) is 5.73 Å². The molecule has 0 spiro atoms. The number of carbonyl (C=O) groups excluding carboxylic acids is 1. The molecule has 3 aromatic rings. The third-order valence-corrected chi connectivity index (χ3v) is 5.83. The molecule has 0 aliphatic rings. The Balaban J connectivity index is 1.99. The fraction of sp³-hybridized carbons (Fsp3) is 0.188. The quantitative estimate of drug-likeness (QED) is 0.564. The molecule has 0 unspecified atom stereocenters. The van der Waals surface area contributed by atoms with Gasteiger partial charge in [-0.25, -0.2) is 14.4 Å². The van der Waals surface area contributed by atoms with Gasteiger partial charge in [0.05, 0.1) is 0 Å². The first-order chi connectivity index (χ1) is 11.1. The van der Waals surface area contributed by atoms with Crippen LogP contribution in [0.5, 0.6) is 0 Å². The number of aryl methyl sites for hydroxylation is 1. The topological polar surface area (TPSA) is 68.9 Å². The van der Waals surface area contributed by atoms with E-state index in [-0.39, 0.29) is 5.82 Å². The lowest BCUT2D eigenvalue weighted by molar-refractivity contribution is -0.117. The van der Waals surface area contributed by atoms with E-state index in [1.54, 1.807) is 23.5 Å². The van der Waals surface area contributed by atoms with Gasteiger partial charge in [-0.3, -0.25) is 4.79 Å². The van der Waals surface area contributed by atoms with Crippen molar-refractivity contribution in [2.75, 3.05) is 0 Å². The van der Waals surface area contributed by atoms with Gasteiger partial charge in [0.2, 0.25) is 5.91 Å². The molecule has 1 atom stereocenters. The second-order valence-corrected chi connectivity index (χ2v) is 7.12. The Hall–Kier alpha value is -1.99. The van der Waals surface area contributed by atoms with Crippen molar-refractivity contribution < 1.29 is 9.18 Å². The predicted octanol–water partition coefficient (Wildman–Crippen LogP) is 3.71. The van der Waals surface area contributed by atoms with Crippen LogP contribution in [-0.4, -0.2) is 15.9 Å². The van der Waals surface area contributed by atoms with Crippen LogP contribution in [0, 0.1) is 5.82 Å². The standard InChI is InChI=1S/C16H14FN3OS2/c1-2-11-7-12-15(22-11)19-8-20-16(12)23-13(14(18)21)9-3-5-10(17)6-4-9/h3-8,13H,2H2,1H3,(H2,18,21)/t13-/m1/s1. The van der Waals surface area contributed by atoms with Gasteiger partial charge in [0, 0.05) is 10.3 Å². The summed E-state index contributed by atoms with van der Waals surface area (Å²) in [5.74, 6) is -0.837.